The lowest BCUT2D eigenvalue weighted by atomic mass is 10.2. The van der Waals surface area contributed by atoms with Crippen molar-refractivity contribution in [3.05, 3.63) is 52.1 Å². The van der Waals surface area contributed by atoms with Gasteiger partial charge >= 0.3 is 0 Å². The Morgan fingerprint density at radius 2 is 2.08 bits per heavy atom. The van der Waals surface area contributed by atoms with E-state index >= 15 is 0 Å². The van der Waals surface area contributed by atoms with Gasteiger partial charge in [-0.25, -0.2) is 9.66 Å². The lowest BCUT2D eigenvalue weighted by Crippen LogP contribution is -2.24. The molecule has 26 heavy (non-hydrogen) atoms. The number of carbonyl (C=O) groups excluding carboxylic acids is 1. The second kappa shape index (κ2) is 8.07. The smallest absolute Gasteiger partial charge is 0.238 e. The first kappa shape index (κ1) is 18.7. The van der Waals surface area contributed by atoms with Crippen LogP contribution < -0.4 is 11.2 Å². The van der Waals surface area contributed by atoms with Crippen molar-refractivity contribution in [3.8, 4) is 11.4 Å². The molecule has 0 radical (unpaired) electrons. The van der Waals surface area contributed by atoms with Gasteiger partial charge in [0.15, 0.2) is 5.82 Å². The summed E-state index contributed by atoms with van der Waals surface area (Å²) in [5.41, 5.74) is 0.816. The van der Waals surface area contributed by atoms with Crippen LogP contribution in [-0.4, -0.2) is 31.0 Å². The highest BCUT2D eigenvalue weighted by molar-refractivity contribution is 9.10. The van der Waals surface area contributed by atoms with E-state index in [9.17, 15) is 4.79 Å². The first-order chi connectivity index (χ1) is 12.5. The average molecular weight is 454 g/mol. The van der Waals surface area contributed by atoms with Gasteiger partial charge in [-0.2, -0.15) is 0 Å². The minimum Gasteiger partial charge on any atom is -0.335 e. The first-order valence-electron chi connectivity index (χ1n) is 7.50. The second-order valence-electron chi connectivity index (χ2n) is 5.27. The highest BCUT2D eigenvalue weighted by Gasteiger charge is 2.21. The maximum Gasteiger partial charge on any atom is 0.238 e. The topological polar surface area (TPSA) is 98.7 Å². The number of nitrogens with two attached hydrogens (primary N) is 1. The lowest BCUT2D eigenvalue weighted by Gasteiger charge is -2.11. The molecule has 1 amide bonds. The van der Waals surface area contributed by atoms with Gasteiger partial charge in [0.1, 0.15) is 5.82 Å². The van der Waals surface area contributed by atoms with Gasteiger partial charge in [0.05, 0.1) is 10.3 Å². The van der Waals surface area contributed by atoms with Crippen LogP contribution in [0.4, 0.5) is 5.82 Å². The van der Waals surface area contributed by atoms with Gasteiger partial charge in [0.25, 0.3) is 0 Å². The number of pyridine rings is 1. The normalized spacial score (nSPS) is 12.0. The number of halogens is 2. The number of hydrogen-bond donors (Lipinski definition) is 2. The number of benzene rings is 1. The zero-order valence-electron chi connectivity index (χ0n) is 13.6. The fourth-order valence-corrected chi connectivity index (χ4v) is 3.42. The molecule has 134 valence electrons. The van der Waals surface area contributed by atoms with Gasteiger partial charge in [-0.05, 0) is 31.2 Å². The predicted octanol–water partition coefficient (Wildman–Crippen LogP) is 3.59. The number of nitrogens with zero attached hydrogens (tertiary/aromatic N) is 4. The van der Waals surface area contributed by atoms with Gasteiger partial charge in [-0.1, -0.05) is 51.4 Å². The van der Waals surface area contributed by atoms with Gasteiger partial charge in [0.2, 0.25) is 11.1 Å². The third kappa shape index (κ3) is 4.17. The minimum atomic E-state index is -0.453. The molecule has 7 nitrogen and oxygen atoms in total. The van der Waals surface area contributed by atoms with Crippen molar-refractivity contribution in [2.24, 2.45) is 0 Å². The molecule has 0 unspecified atom stereocenters. The molecule has 3 rings (SSSR count). The summed E-state index contributed by atoms with van der Waals surface area (Å²) in [4.78, 5) is 16.4. The van der Waals surface area contributed by atoms with Crippen molar-refractivity contribution in [2.45, 2.75) is 17.3 Å². The lowest BCUT2D eigenvalue weighted by molar-refractivity contribution is -0.115. The highest BCUT2D eigenvalue weighted by Crippen LogP contribution is 2.29. The van der Waals surface area contributed by atoms with Gasteiger partial charge in [0, 0.05) is 16.2 Å². The minimum absolute atomic E-state index is 0.227. The van der Waals surface area contributed by atoms with E-state index in [-0.39, 0.29) is 5.91 Å². The van der Waals surface area contributed by atoms with Crippen LogP contribution in [0.2, 0.25) is 5.02 Å². The van der Waals surface area contributed by atoms with Crippen LogP contribution in [0.1, 0.15) is 6.92 Å². The maximum atomic E-state index is 12.3. The van der Waals surface area contributed by atoms with E-state index in [2.05, 4.69) is 36.4 Å². The summed E-state index contributed by atoms with van der Waals surface area (Å²) in [6.45, 7) is 1.75. The Hall–Kier alpha value is -2.10. The molecule has 10 heteroatoms. The average Bonchev–Trinajstić information content (AvgIpc) is 2.98. The van der Waals surface area contributed by atoms with Crippen molar-refractivity contribution in [2.75, 3.05) is 11.2 Å². The van der Waals surface area contributed by atoms with E-state index in [1.807, 2.05) is 24.3 Å². The molecule has 0 saturated carbocycles. The summed E-state index contributed by atoms with van der Waals surface area (Å²) in [5.74, 6) is 6.82. The summed E-state index contributed by atoms with van der Waals surface area (Å²) < 4.78 is 2.23. The van der Waals surface area contributed by atoms with Crippen molar-refractivity contribution in [3.63, 3.8) is 0 Å². The van der Waals surface area contributed by atoms with E-state index in [1.165, 1.54) is 22.6 Å². The summed E-state index contributed by atoms with van der Waals surface area (Å²) in [5, 5.41) is 11.4. The van der Waals surface area contributed by atoms with Crippen LogP contribution in [0.5, 0.6) is 0 Å². The molecular weight excluding hydrogens is 440 g/mol. The van der Waals surface area contributed by atoms with E-state index in [0.29, 0.717) is 21.8 Å². The van der Waals surface area contributed by atoms with Crippen LogP contribution in [-0.2, 0) is 4.79 Å². The number of anilines is 1. The van der Waals surface area contributed by atoms with E-state index in [0.717, 1.165) is 10.0 Å². The number of nitrogens with one attached hydrogen (secondary N) is 1. The maximum absolute atomic E-state index is 12.3. The number of thioether (sulfide) groups is 1. The molecule has 1 aromatic carbocycles. The molecule has 2 aromatic heterocycles. The Morgan fingerprint density at radius 3 is 2.77 bits per heavy atom. The Morgan fingerprint density at radius 1 is 1.31 bits per heavy atom. The third-order valence-electron chi connectivity index (χ3n) is 3.41. The summed E-state index contributed by atoms with van der Waals surface area (Å²) in [6, 6.07) is 10.9. The van der Waals surface area contributed by atoms with E-state index in [1.54, 1.807) is 19.1 Å². The molecule has 0 saturated heterocycles. The molecule has 0 aliphatic heterocycles. The summed E-state index contributed by atoms with van der Waals surface area (Å²) >= 11 is 10.5. The fraction of sp³-hybridized carbons (Fsp3) is 0.125. The zero-order chi connectivity index (χ0) is 18.7. The van der Waals surface area contributed by atoms with Gasteiger partial charge in [-0.15, -0.1) is 10.2 Å². The molecule has 0 aliphatic carbocycles. The Balaban J connectivity index is 1.71. The fourth-order valence-electron chi connectivity index (χ4n) is 2.07. The number of carbonyl (C=O) groups is 1. The second-order valence-corrected chi connectivity index (χ2v) is 7.87. The molecule has 0 fully saturated rings. The summed E-state index contributed by atoms with van der Waals surface area (Å²) in [7, 11) is 0. The standard InChI is InChI=1S/C16H14BrClN6OS/c1-9(15(25)21-13-7-6-10(18)8-20-13)26-16-23-22-14(24(16)19)11-4-2-3-5-12(11)17/h2-9H,19H2,1H3,(H,20,21,25)/t9-/m1/s1. The molecule has 1 atom stereocenters. The molecular formula is C16H14BrClN6OS. The molecule has 0 spiro atoms. The summed E-state index contributed by atoms with van der Waals surface area (Å²) in [6.07, 6.45) is 1.47. The quantitative estimate of drug-likeness (QED) is 0.452. The van der Waals surface area contributed by atoms with Crippen LogP contribution in [0, 0.1) is 0 Å². The van der Waals surface area contributed by atoms with Gasteiger partial charge < -0.3 is 11.2 Å². The Labute approximate surface area is 167 Å². The monoisotopic (exact) mass is 452 g/mol. The van der Waals surface area contributed by atoms with Gasteiger partial charge in [-0.3, -0.25) is 4.79 Å². The van der Waals surface area contributed by atoms with E-state index < -0.39 is 5.25 Å². The Kier molecular flexibility index (Phi) is 5.80. The SMILES string of the molecule is C[C@@H](Sc1nnc(-c2ccccc2Br)n1N)C(=O)Nc1ccc(Cl)cn1. The van der Waals surface area contributed by atoms with Crippen molar-refractivity contribution in [1.82, 2.24) is 19.9 Å². The highest BCUT2D eigenvalue weighted by atomic mass is 79.9. The van der Waals surface area contributed by atoms with Crippen LogP contribution in [0.15, 0.2) is 52.2 Å². The van der Waals surface area contributed by atoms with Crippen molar-refractivity contribution >= 4 is 51.0 Å². The van der Waals surface area contributed by atoms with Crippen molar-refractivity contribution in [1.29, 1.82) is 0 Å². The molecule has 0 aliphatic rings. The van der Waals surface area contributed by atoms with Crippen LogP contribution in [0.25, 0.3) is 11.4 Å². The van der Waals surface area contributed by atoms with Crippen LogP contribution in [0.3, 0.4) is 0 Å². The largest absolute Gasteiger partial charge is 0.335 e. The molecule has 2 heterocycles. The number of aromatic nitrogens is 4. The number of rotatable bonds is 5. The predicted molar refractivity (Wildman–Crippen MR) is 107 cm³/mol. The Bertz CT molecular complexity index is 933. The first-order valence-corrected chi connectivity index (χ1v) is 9.55. The van der Waals surface area contributed by atoms with Crippen LogP contribution >= 0.6 is 39.3 Å². The molecule has 3 N–H and O–H groups in total. The number of nitrogen functional groups attached to an aromatic ring is 1. The molecule has 0 bridgehead atoms. The zero-order valence-corrected chi connectivity index (χ0v) is 16.7. The number of amides is 1. The third-order valence-corrected chi connectivity index (χ3v) is 5.38. The number of hydrogen-bond acceptors (Lipinski definition) is 6. The van der Waals surface area contributed by atoms with Crippen molar-refractivity contribution < 1.29 is 4.79 Å². The van der Waals surface area contributed by atoms with E-state index in [4.69, 9.17) is 17.4 Å². The molecule has 3 aromatic rings.